The van der Waals surface area contributed by atoms with Gasteiger partial charge in [0.15, 0.2) is 9.79 Å². The Morgan fingerprint density at radius 3 is 1.14 bits per heavy atom. The Balaban J connectivity index is 0.000000200. The van der Waals surface area contributed by atoms with Crippen LogP contribution in [0.4, 0.5) is 68.3 Å². The number of nitrogens with two attached hydrogens (primary N) is 4. The lowest BCUT2D eigenvalue weighted by Gasteiger charge is -2.28. The fraction of sp³-hybridized carbons (Fsp3) is 0.278. The number of halogens is 13. The number of sulfonamides is 2. The number of nitrogen functional groups attached to an aromatic ring is 3. The van der Waals surface area contributed by atoms with E-state index in [2.05, 4.69) is 106 Å². The number of carbonyl (C=O) groups is 4. The van der Waals surface area contributed by atoms with E-state index in [4.69, 9.17) is 33.1 Å². The fourth-order valence-corrected chi connectivity index (χ4v) is 20.3. The number of aromatic nitrogens is 6. The molecular weight excluding hydrogens is 2220 g/mol. The van der Waals surface area contributed by atoms with Crippen LogP contribution in [-0.4, -0.2) is 192 Å². The third-order valence-corrected chi connectivity index (χ3v) is 29.2. The normalized spacial score (nSPS) is 18.2. The lowest BCUT2D eigenvalue weighted by atomic mass is 9.84. The molecule has 15 rings (SSSR count). The molecule has 16 N–H and O–H groups in total. The standard InChI is InChI=1S/C32H30BrF3N6O6S.C26H27BrF3N5O2.C17H17F2N3O3.C15H15BrFN3O4S.C7H6O2S.ClH/c1-41(49(47,48)29-5-3-2-4-27(29)42(45)46)16-26(19-10-20(33)14-21(34)11-19)40-32(44)22-8-6-18(13-23(22)35)30-31(37)38-15-25(39-30)17-7-9-28(43)24(36)12-17;1-32-11-21(15-6-16(27)10-17(28)7-15)35-26(37)18-4-2-14(9-19(18)29)24-25(31)33-12-22(34-24)13-3-5-23(36)20(30)8-13;18-11-6-9(1-3-10(11)17(24)25)15-16(20)21-7-13(22-15)8-2-4-14(23)12(19)5-8;1-19(9-13(18)10-6-11(16)8-12(17)7-10)25(23,24)15-5-3-2-4-14(15)20(21)22;8-7(9)5-1-3-6(10)4-2-5;/h2-6,8,10-11,13-15,17,24,26,28,43H,7,9,12,16H2,1H3,(H2,37,38)(H,40,44);2,4,6-7,9-10,12-13,20-21,23,32,36H,3,5,8,11H2,1H3,(H2,31,33)(H,35,37);1,3,6-8,12,14,23H,2,4-5H2,(H2,20,21)(H,24,25);2-8,13H,9,18H2,1H3;1-4,10H,(H,8,9);1H/t17-,24-,26+,28-;13-,20-,21+,23-;8-,12-,14-;13-;;/m0001../s1. The zero-order valence-corrected chi connectivity index (χ0v) is 85.7. The Bertz CT molecular complexity index is 7020. The number of anilines is 3. The summed E-state index contributed by atoms with van der Waals surface area (Å²) >= 11 is 13.6. The molecule has 3 aliphatic carbocycles. The van der Waals surface area contributed by atoms with Gasteiger partial charge in [-0.3, -0.25) is 29.8 Å². The number of carboxylic acid groups (broad SMARTS) is 2. The molecule has 3 aliphatic rings. The molecular formula is C97H96Br3ClF9N17O17S3. The van der Waals surface area contributed by atoms with Crippen LogP contribution in [0.3, 0.4) is 0 Å². The second-order valence-electron chi connectivity index (χ2n) is 34.0. The van der Waals surface area contributed by atoms with E-state index in [-0.39, 0.29) is 130 Å². The number of carbonyl (C=O) groups excluding carboxylic acids is 2. The average molecular weight is 2310 g/mol. The van der Waals surface area contributed by atoms with Gasteiger partial charge in [0, 0.05) is 105 Å². The van der Waals surface area contributed by atoms with Crippen LogP contribution in [0.1, 0.15) is 169 Å². The van der Waals surface area contributed by atoms with Crippen molar-refractivity contribution in [2.24, 2.45) is 5.73 Å². The van der Waals surface area contributed by atoms with Crippen LogP contribution < -0.4 is 38.9 Å². The molecule has 0 spiro atoms. The molecule has 147 heavy (non-hydrogen) atoms. The number of benzene rings is 9. The molecule has 0 aliphatic heterocycles. The molecule has 12 aromatic rings. The summed E-state index contributed by atoms with van der Waals surface area (Å²) < 4.78 is 184. The summed E-state index contributed by atoms with van der Waals surface area (Å²) in [5, 5.41) is 77.1. The number of hydrogen-bond acceptors (Lipinski definition) is 27. The molecule has 34 nitrogen and oxygen atoms in total. The summed E-state index contributed by atoms with van der Waals surface area (Å²) in [6.45, 7) is -0.408. The first-order valence-corrected chi connectivity index (χ1v) is 50.0. The molecule has 0 saturated heterocycles. The van der Waals surface area contributed by atoms with Crippen LogP contribution in [-0.2, 0) is 20.0 Å². The maximum atomic E-state index is 15.6. The van der Waals surface area contributed by atoms with E-state index in [1.807, 2.05) is 0 Å². The van der Waals surface area contributed by atoms with Crippen LogP contribution in [0.5, 0.6) is 0 Å². The highest BCUT2D eigenvalue weighted by molar-refractivity contribution is 9.11. The Morgan fingerprint density at radius 2 is 0.810 bits per heavy atom. The first-order chi connectivity index (χ1) is 69.0. The first-order valence-electron chi connectivity index (χ1n) is 44.3. The van der Waals surface area contributed by atoms with Gasteiger partial charge >= 0.3 is 11.9 Å². The number of carboxylic acids is 2. The van der Waals surface area contributed by atoms with Gasteiger partial charge in [0.2, 0.25) is 20.0 Å². The number of aromatic carboxylic acids is 2. The smallest absolute Gasteiger partial charge is 0.338 e. The lowest BCUT2D eigenvalue weighted by Crippen LogP contribution is -2.39. The zero-order chi connectivity index (χ0) is 107. The van der Waals surface area contributed by atoms with Crippen molar-refractivity contribution in [3.05, 3.63) is 325 Å². The predicted octanol–water partition coefficient (Wildman–Crippen LogP) is 17.3. The maximum absolute atomic E-state index is 15.6. The summed E-state index contributed by atoms with van der Waals surface area (Å²) in [7, 11) is -4.55. The molecule has 3 heterocycles. The number of amides is 2. The van der Waals surface area contributed by atoms with Crippen LogP contribution in [0.2, 0.25) is 0 Å². The molecule has 50 heteroatoms. The predicted molar refractivity (Wildman–Crippen MR) is 542 cm³/mol. The quantitative estimate of drug-likeness (QED) is 0.00984. The molecule has 780 valence electrons. The van der Waals surface area contributed by atoms with E-state index in [0.29, 0.717) is 80.4 Å². The second kappa shape index (κ2) is 51.8. The van der Waals surface area contributed by atoms with E-state index in [1.165, 1.54) is 117 Å². The van der Waals surface area contributed by atoms with E-state index in [0.717, 1.165) is 87.3 Å². The van der Waals surface area contributed by atoms with E-state index >= 15 is 8.78 Å². The van der Waals surface area contributed by atoms with Crippen LogP contribution in [0, 0.1) is 55.1 Å². The molecule has 9 aromatic carbocycles. The summed E-state index contributed by atoms with van der Waals surface area (Å²) in [6.07, 6.45) is -0.0329. The lowest BCUT2D eigenvalue weighted by molar-refractivity contribution is -0.388. The number of rotatable bonds is 27. The second-order valence-corrected chi connectivity index (χ2v) is 41.2. The van der Waals surface area contributed by atoms with Crippen molar-refractivity contribution >= 4 is 145 Å². The Labute approximate surface area is 872 Å². The third-order valence-electron chi connectivity index (χ3n) is 23.8. The van der Waals surface area contributed by atoms with Crippen molar-refractivity contribution in [3.8, 4) is 33.8 Å². The number of aliphatic hydroxyl groups excluding tert-OH is 3. The van der Waals surface area contributed by atoms with Crippen LogP contribution in [0.15, 0.2) is 229 Å². The van der Waals surface area contributed by atoms with E-state index in [1.54, 1.807) is 31.3 Å². The highest BCUT2D eigenvalue weighted by Gasteiger charge is 2.38. The number of nitro benzene ring substituents is 2. The van der Waals surface area contributed by atoms with Crippen molar-refractivity contribution in [3.63, 3.8) is 0 Å². The first kappa shape index (κ1) is 116. The number of nitrogens with zero attached hydrogens (tertiary/aromatic N) is 10. The molecule has 12 atom stereocenters. The maximum Gasteiger partial charge on any atom is 0.338 e. The SMILES string of the molecule is CN(C[C@@H](N)c1cc(F)cc(Br)c1)S(=O)(=O)c1ccccc1[N+](=O)[O-].CN(C[C@@H](NC(=O)c1ccc(-c2nc([C@H]3CC[C@H](O)[C@@H](F)C3)cnc2N)cc1F)c1cc(F)cc(Br)c1)S(=O)(=O)c1ccccc1[N+](=O)[O-].CNC[C@@H](NC(=O)c1ccc(-c2nc([C@H]3CC[C@H](O)[C@@H](F)C3)cnc2N)cc1F)c1cc(F)cc(Br)c1.Cl.Nc1ncc([C@H]2CC[C@H](O)[C@@H](F)C2)nc1-c1ccc(C(=O)O)c(F)c1.O=C(O)c1ccc(S)cc1. The van der Waals surface area contributed by atoms with Gasteiger partial charge in [0.1, 0.15) is 88.0 Å². The largest absolute Gasteiger partial charge is 0.478 e. The summed E-state index contributed by atoms with van der Waals surface area (Å²) in [5.41, 5.74) is 25.7. The number of thiol groups is 1. The molecule has 0 unspecified atom stereocenters. The monoisotopic (exact) mass is 2310 g/mol. The third kappa shape index (κ3) is 30.4. The number of nitro groups is 2. The van der Waals surface area contributed by atoms with E-state index < -0.39 is 182 Å². The van der Waals surface area contributed by atoms with Crippen molar-refractivity contribution in [2.45, 2.75) is 145 Å². The molecule has 3 saturated carbocycles. The number of nitrogens with one attached hydrogen (secondary N) is 3. The van der Waals surface area contributed by atoms with Crippen molar-refractivity contribution in [1.82, 2.24) is 54.5 Å². The van der Waals surface area contributed by atoms with Gasteiger partial charge < -0.3 is 64.4 Å². The van der Waals surface area contributed by atoms with Crippen molar-refractivity contribution < 1.29 is 111 Å². The molecule has 0 radical (unpaired) electrons. The van der Waals surface area contributed by atoms with Gasteiger partial charge in [-0.15, -0.1) is 25.0 Å². The summed E-state index contributed by atoms with van der Waals surface area (Å²) in [4.78, 5) is 94.1. The van der Waals surface area contributed by atoms with Crippen LogP contribution >= 0.6 is 72.8 Å². The average Bonchev–Trinajstić information content (AvgIpc) is 0.790. The highest BCUT2D eigenvalue weighted by atomic mass is 79.9. The molecule has 2 amide bonds. The topological polar surface area (TPSA) is 548 Å². The Hall–Kier alpha value is -12.6. The van der Waals surface area contributed by atoms with Gasteiger partial charge in [0.05, 0.1) is 98.2 Å². The number of alkyl halides is 3. The minimum Gasteiger partial charge on any atom is -0.478 e. The van der Waals surface area contributed by atoms with Gasteiger partial charge in [0.25, 0.3) is 23.2 Å². The van der Waals surface area contributed by atoms with Crippen LogP contribution in [0.25, 0.3) is 33.8 Å². The highest BCUT2D eigenvalue weighted by Crippen LogP contribution is 2.41. The van der Waals surface area contributed by atoms with Gasteiger partial charge in [-0.05, 0) is 209 Å². The van der Waals surface area contributed by atoms with Gasteiger partial charge in [-0.25, -0.2) is 95.8 Å². The fourth-order valence-electron chi connectivity index (χ4n) is 16.0. The van der Waals surface area contributed by atoms with Gasteiger partial charge in [-0.2, -0.15) is 8.61 Å². The van der Waals surface area contributed by atoms with E-state index in [9.17, 15) is 102 Å². The number of para-hydroxylation sites is 2. The van der Waals surface area contributed by atoms with Gasteiger partial charge in [-0.1, -0.05) is 90.3 Å². The molecule has 0 bridgehead atoms. The number of likely N-dealkylation sites (N-methyl/N-ethyl adjacent to an activating group) is 3. The van der Waals surface area contributed by atoms with Crippen molar-refractivity contribution in [2.75, 3.05) is 58.0 Å². The summed E-state index contributed by atoms with van der Waals surface area (Å²) in [6, 6.07) is 36.5. The zero-order valence-electron chi connectivity index (χ0n) is 77.6. The Morgan fingerprint density at radius 1 is 0.476 bits per heavy atom. The minimum atomic E-state index is -4.50. The molecule has 3 fully saturated rings. The Kier molecular flexibility index (Phi) is 41.0. The summed E-state index contributed by atoms with van der Waals surface area (Å²) in [5.74, 6) is -9.01. The number of hydrogen-bond donors (Lipinski definition) is 13. The number of aliphatic hydroxyl groups is 3. The van der Waals surface area contributed by atoms with Crippen molar-refractivity contribution in [1.29, 1.82) is 0 Å². The minimum absolute atomic E-state index is 0. The molecule has 3 aromatic heterocycles.